The largest absolute Gasteiger partial charge is 0.493 e. The molecule has 2 rings (SSSR count). The number of hydrogen-bond acceptors (Lipinski definition) is 5. The first-order valence-electron chi connectivity index (χ1n) is 8.38. The van der Waals surface area contributed by atoms with E-state index in [0.29, 0.717) is 17.9 Å². The summed E-state index contributed by atoms with van der Waals surface area (Å²) in [6, 6.07) is 5.63. The lowest BCUT2D eigenvalue weighted by molar-refractivity contribution is -0.132. The Morgan fingerprint density at radius 2 is 1.75 bits per heavy atom. The lowest BCUT2D eigenvalue weighted by Crippen LogP contribution is -2.49. The van der Waals surface area contributed by atoms with Crippen LogP contribution in [0.5, 0.6) is 11.5 Å². The van der Waals surface area contributed by atoms with Crippen LogP contribution in [0.15, 0.2) is 18.2 Å². The number of carbonyl (C=O) groups excluding carboxylic acids is 1. The number of rotatable bonds is 8. The Hall–Kier alpha value is -1.79. The van der Waals surface area contributed by atoms with Crippen LogP contribution in [0.1, 0.15) is 12.0 Å². The van der Waals surface area contributed by atoms with E-state index in [2.05, 4.69) is 4.90 Å². The van der Waals surface area contributed by atoms with Crippen molar-refractivity contribution in [1.29, 1.82) is 0 Å². The molecule has 1 aliphatic heterocycles. The summed E-state index contributed by atoms with van der Waals surface area (Å²) in [5.74, 6) is 1.50. The molecule has 0 atom stereocenters. The van der Waals surface area contributed by atoms with Crippen LogP contribution in [0, 0.1) is 0 Å². The lowest BCUT2D eigenvalue weighted by Gasteiger charge is -2.34. The Labute approximate surface area is 144 Å². The first-order chi connectivity index (χ1) is 11.7. The van der Waals surface area contributed by atoms with Gasteiger partial charge < -0.3 is 19.1 Å². The zero-order chi connectivity index (χ0) is 17.4. The molecule has 0 spiro atoms. The summed E-state index contributed by atoms with van der Waals surface area (Å²) in [7, 11) is 4.94. The van der Waals surface area contributed by atoms with Gasteiger partial charge in [-0.1, -0.05) is 6.07 Å². The molecule has 1 heterocycles. The van der Waals surface area contributed by atoms with Crippen LogP contribution < -0.4 is 9.47 Å². The molecule has 24 heavy (non-hydrogen) atoms. The van der Waals surface area contributed by atoms with Crippen molar-refractivity contribution in [3.8, 4) is 11.5 Å². The normalized spacial score (nSPS) is 15.4. The van der Waals surface area contributed by atoms with Crippen LogP contribution in [0.3, 0.4) is 0 Å². The van der Waals surface area contributed by atoms with Crippen molar-refractivity contribution in [2.75, 3.05) is 60.7 Å². The van der Waals surface area contributed by atoms with E-state index in [9.17, 15) is 4.79 Å². The van der Waals surface area contributed by atoms with Crippen molar-refractivity contribution in [3.05, 3.63) is 23.8 Å². The summed E-state index contributed by atoms with van der Waals surface area (Å²) in [4.78, 5) is 16.8. The molecule has 0 unspecified atom stereocenters. The maximum atomic E-state index is 12.5. The summed E-state index contributed by atoms with van der Waals surface area (Å²) in [6.07, 6.45) is 1.43. The molecule has 1 saturated heterocycles. The zero-order valence-corrected chi connectivity index (χ0v) is 14.9. The summed E-state index contributed by atoms with van der Waals surface area (Å²) < 4.78 is 15.6. The van der Waals surface area contributed by atoms with Gasteiger partial charge in [0.05, 0.1) is 20.6 Å². The van der Waals surface area contributed by atoms with E-state index < -0.39 is 0 Å². The molecule has 0 aromatic heterocycles. The van der Waals surface area contributed by atoms with Crippen molar-refractivity contribution in [2.45, 2.75) is 12.8 Å². The minimum Gasteiger partial charge on any atom is -0.493 e. The highest BCUT2D eigenvalue weighted by Crippen LogP contribution is 2.27. The van der Waals surface area contributed by atoms with E-state index in [1.54, 1.807) is 21.3 Å². The average Bonchev–Trinajstić information content (AvgIpc) is 2.62. The molecule has 1 amide bonds. The predicted octanol–water partition coefficient (Wildman–Crippen LogP) is 1.43. The minimum absolute atomic E-state index is 0.166. The van der Waals surface area contributed by atoms with E-state index in [-0.39, 0.29) is 5.91 Å². The number of benzene rings is 1. The van der Waals surface area contributed by atoms with E-state index in [4.69, 9.17) is 14.2 Å². The first kappa shape index (κ1) is 18.5. The quantitative estimate of drug-likeness (QED) is 0.672. The standard InChI is InChI=1S/C18H28N2O4/c1-22-12-4-7-19-8-10-20(11-9-19)18(21)14-15-5-6-16(23-2)17(13-15)24-3/h5-6,13H,4,7-12,14H2,1-3H3. The molecule has 6 heteroatoms. The van der Waals surface area contributed by atoms with Gasteiger partial charge in [0.2, 0.25) is 5.91 Å². The van der Waals surface area contributed by atoms with Gasteiger partial charge in [-0.2, -0.15) is 0 Å². The van der Waals surface area contributed by atoms with E-state index in [1.807, 2.05) is 23.1 Å². The van der Waals surface area contributed by atoms with Crippen LogP contribution in [0.25, 0.3) is 0 Å². The first-order valence-corrected chi connectivity index (χ1v) is 8.38. The molecule has 0 bridgehead atoms. The second kappa shape index (κ2) is 9.49. The molecule has 0 aliphatic carbocycles. The molecule has 6 nitrogen and oxygen atoms in total. The Morgan fingerprint density at radius 3 is 2.38 bits per heavy atom. The highest BCUT2D eigenvalue weighted by atomic mass is 16.5. The maximum Gasteiger partial charge on any atom is 0.227 e. The van der Waals surface area contributed by atoms with Crippen LogP contribution in [0.2, 0.25) is 0 Å². The van der Waals surface area contributed by atoms with Crippen LogP contribution >= 0.6 is 0 Å². The predicted molar refractivity (Wildman–Crippen MR) is 92.8 cm³/mol. The van der Waals surface area contributed by atoms with Gasteiger partial charge >= 0.3 is 0 Å². The molecular weight excluding hydrogens is 308 g/mol. The SMILES string of the molecule is COCCCN1CCN(C(=O)Cc2ccc(OC)c(OC)c2)CC1. The van der Waals surface area contributed by atoms with Crippen molar-refractivity contribution < 1.29 is 19.0 Å². The molecule has 134 valence electrons. The average molecular weight is 336 g/mol. The highest BCUT2D eigenvalue weighted by Gasteiger charge is 2.21. The number of nitrogens with zero attached hydrogens (tertiary/aromatic N) is 2. The Balaban J connectivity index is 1.83. The fourth-order valence-corrected chi connectivity index (χ4v) is 2.93. The van der Waals surface area contributed by atoms with Gasteiger partial charge in [-0.05, 0) is 24.1 Å². The monoisotopic (exact) mass is 336 g/mol. The topological polar surface area (TPSA) is 51.2 Å². The van der Waals surface area contributed by atoms with Gasteiger partial charge in [-0.3, -0.25) is 9.69 Å². The number of methoxy groups -OCH3 is 3. The number of hydrogen-bond donors (Lipinski definition) is 0. The molecule has 0 radical (unpaired) electrons. The number of ether oxygens (including phenoxy) is 3. The number of carbonyl (C=O) groups is 1. The summed E-state index contributed by atoms with van der Waals surface area (Å²) in [5.41, 5.74) is 0.945. The lowest BCUT2D eigenvalue weighted by atomic mass is 10.1. The summed E-state index contributed by atoms with van der Waals surface area (Å²) in [5, 5.41) is 0. The Morgan fingerprint density at radius 1 is 1.04 bits per heavy atom. The van der Waals surface area contributed by atoms with Crippen molar-refractivity contribution in [1.82, 2.24) is 9.80 Å². The molecule has 0 N–H and O–H groups in total. The molecule has 1 fully saturated rings. The highest BCUT2D eigenvalue weighted by molar-refractivity contribution is 5.79. The Kier molecular flexibility index (Phi) is 7.34. The zero-order valence-electron chi connectivity index (χ0n) is 14.9. The van der Waals surface area contributed by atoms with Crippen LogP contribution in [-0.2, 0) is 16.0 Å². The van der Waals surface area contributed by atoms with Gasteiger partial charge in [0.1, 0.15) is 0 Å². The molecule has 1 aromatic carbocycles. The summed E-state index contributed by atoms with van der Waals surface area (Å²) >= 11 is 0. The van der Waals surface area contributed by atoms with Gasteiger partial charge in [0.15, 0.2) is 11.5 Å². The van der Waals surface area contributed by atoms with E-state index >= 15 is 0 Å². The minimum atomic E-state index is 0.166. The third kappa shape index (κ3) is 5.11. The van der Waals surface area contributed by atoms with Crippen molar-refractivity contribution >= 4 is 5.91 Å². The fourth-order valence-electron chi connectivity index (χ4n) is 2.93. The number of piperazine rings is 1. The van der Waals surface area contributed by atoms with E-state index in [1.165, 1.54) is 0 Å². The molecular formula is C18H28N2O4. The third-order valence-electron chi connectivity index (χ3n) is 4.35. The molecule has 1 aromatic rings. The molecule has 1 aliphatic rings. The summed E-state index contributed by atoms with van der Waals surface area (Å²) in [6.45, 7) is 5.27. The smallest absolute Gasteiger partial charge is 0.227 e. The second-order valence-electron chi connectivity index (χ2n) is 5.93. The van der Waals surface area contributed by atoms with E-state index in [0.717, 1.165) is 51.3 Å². The molecule has 0 saturated carbocycles. The maximum absolute atomic E-state index is 12.5. The van der Waals surface area contributed by atoms with Gasteiger partial charge in [0, 0.05) is 46.4 Å². The van der Waals surface area contributed by atoms with Crippen LogP contribution in [-0.4, -0.2) is 76.4 Å². The third-order valence-corrected chi connectivity index (χ3v) is 4.35. The van der Waals surface area contributed by atoms with Crippen molar-refractivity contribution in [2.24, 2.45) is 0 Å². The van der Waals surface area contributed by atoms with Gasteiger partial charge in [0.25, 0.3) is 0 Å². The van der Waals surface area contributed by atoms with Crippen LogP contribution in [0.4, 0.5) is 0 Å². The second-order valence-corrected chi connectivity index (χ2v) is 5.93. The van der Waals surface area contributed by atoms with Crippen molar-refractivity contribution in [3.63, 3.8) is 0 Å². The number of amides is 1. The van der Waals surface area contributed by atoms with Gasteiger partial charge in [-0.15, -0.1) is 0 Å². The Bertz CT molecular complexity index is 528. The fraction of sp³-hybridized carbons (Fsp3) is 0.611. The van der Waals surface area contributed by atoms with Gasteiger partial charge in [-0.25, -0.2) is 0 Å².